The van der Waals surface area contributed by atoms with Crippen LogP contribution in [0, 0.1) is 17.7 Å². The summed E-state index contributed by atoms with van der Waals surface area (Å²) in [5.41, 5.74) is 5.54. The summed E-state index contributed by atoms with van der Waals surface area (Å²) in [5, 5.41) is 17.1. The lowest BCUT2D eigenvalue weighted by molar-refractivity contribution is -0.122. The first kappa shape index (κ1) is 24.4. The quantitative estimate of drug-likeness (QED) is 0.249. The minimum atomic E-state index is -0.279. The highest BCUT2D eigenvalue weighted by Crippen LogP contribution is 2.43. The van der Waals surface area contributed by atoms with E-state index in [9.17, 15) is 9.18 Å². The van der Waals surface area contributed by atoms with Gasteiger partial charge < -0.3 is 5.32 Å². The van der Waals surface area contributed by atoms with Crippen molar-refractivity contribution in [1.82, 2.24) is 20.0 Å². The number of carbonyl (C=O) groups is 1. The molecule has 1 N–H and O–H groups in total. The van der Waals surface area contributed by atoms with Crippen molar-refractivity contribution in [2.75, 3.05) is 5.32 Å². The average Bonchev–Trinajstić information content (AvgIpc) is 3.63. The summed E-state index contributed by atoms with van der Waals surface area (Å²) in [7, 11) is 0. The van der Waals surface area contributed by atoms with Gasteiger partial charge in [0.25, 0.3) is 0 Å². The molecule has 0 saturated heterocycles. The van der Waals surface area contributed by atoms with Crippen molar-refractivity contribution in [1.29, 1.82) is 0 Å². The van der Waals surface area contributed by atoms with E-state index in [4.69, 9.17) is 0 Å². The number of nitrogens with zero attached hydrogens (tertiary/aromatic N) is 4. The van der Waals surface area contributed by atoms with Crippen LogP contribution in [0.2, 0.25) is 0 Å². The summed E-state index contributed by atoms with van der Waals surface area (Å²) in [4.78, 5) is 14.0. The monoisotopic (exact) mass is 525 g/mol. The Morgan fingerprint density at radius 3 is 2.50 bits per heavy atom. The normalized spacial score (nSPS) is 15.8. The molecule has 2 aromatic heterocycles. The minimum Gasteiger partial charge on any atom is -0.300 e. The van der Waals surface area contributed by atoms with Gasteiger partial charge in [-0.05, 0) is 66.3 Å². The van der Waals surface area contributed by atoms with Crippen LogP contribution in [0.4, 0.5) is 9.52 Å². The molecule has 0 aliphatic heterocycles. The van der Waals surface area contributed by atoms with Gasteiger partial charge >= 0.3 is 0 Å². The Bertz CT molecular complexity index is 1510. The molecular formula is C30H28FN5OS. The van der Waals surface area contributed by atoms with E-state index in [0.717, 1.165) is 53.4 Å². The zero-order chi connectivity index (χ0) is 25.9. The van der Waals surface area contributed by atoms with E-state index in [2.05, 4.69) is 50.9 Å². The first-order chi connectivity index (χ1) is 18.7. The van der Waals surface area contributed by atoms with Crippen LogP contribution in [0.5, 0.6) is 0 Å². The fourth-order valence-corrected chi connectivity index (χ4v) is 6.30. The Labute approximate surface area is 224 Å². The van der Waals surface area contributed by atoms with Crippen molar-refractivity contribution in [3.63, 3.8) is 0 Å². The molecule has 0 bridgehead atoms. The van der Waals surface area contributed by atoms with Gasteiger partial charge in [0, 0.05) is 11.3 Å². The van der Waals surface area contributed by atoms with Gasteiger partial charge in [-0.3, -0.25) is 4.79 Å². The van der Waals surface area contributed by atoms with Gasteiger partial charge in [0.2, 0.25) is 11.0 Å². The summed E-state index contributed by atoms with van der Waals surface area (Å²) >= 11 is 1.33. The molecule has 8 heteroatoms. The van der Waals surface area contributed by atoms with Crippen molar-refractivity contribution in [2.24, 2.45) is 11.8 Å². The number of carbonyl (C=O) groups excluding carboxylic acids is 1. The molecule has 5 aromatic rings. The van der Waals surface area contributed by atoms with E-state index in [1.807, 2.05) is 29.1 Å². The summed E-state index contributed by atoms with van der Waals surface area (Å²) in [6.45, 7) is 0. The molecule has 2 heterocycles. The maximum atomic E-state index is 14.0. The van der Waals surface area contributed by atoms with E-state index in [-0.39, 0.29) is 29.5 Å². The Morgan fingerprint density at radius 1 is 0.974 bits per heavy atom. The van der Waals surface area contributed by atoms with Crippen molar-refractivity contribution >= 4 is 33.3 Å². The first-order valence-electron chi connectivity index (χ1n) is 13.0. The van der Waals surface area contributed by atoms with Crippen LogP contribution in [0.25, 0.3) is 16.6 Å². The standard InChI is InChI=1S/C30H28FN5OS/c31-24-12-14-25(15-13-24)36-26-16-11-22(17-23(26)18-33-36)27(20-7-3-1-4-8-20)28(21-9-5-2-6-10-21)29(37)34-30-35-32-19-38-30/h1,3-4,7-8,11-19,21,27-28H,2,5-6,9-10H2,(H,34,35,37). The Balaban J connectivity index is 1.44. The Kier molecular flexibility index (Phi) is 6.96. The lowest BCUT2D eigenvalue weighted by Gasteiger charge is -2.35. The highest BCUT2D eigenvalue weighted by molar-refractivity contribution is 7.13. The molecule has 3 aromatic carbocycles. The SMILES string of the molecule is O=C(Nc1nncs1)C(C1CCCCC1)C(c1ccccc1)c1ccc2c(cnn2-c2ccc(F)cc2)c1. The summed E-state index contributed by atoms with van der Waals surface area (Å²) in [5.74, 6) is -0.417. The van der Waals surface area contributed by atoms with Crippen molar-refractivity contribution in [3.05, 3.63) is 101 Å². The number of anilines is 1. The van der Waals surface area contributed by atoms with Gasteiger partial charge in [0.1, 0.15) is 11.3 Å². The number of benzene rings is 3. The molecule has 0 spiro atoms. The first-order valence-corrected chi connectivity index (χ1v) is 13.9. The van der Waals surface area contributed by atoms with Crippen molar-refractivity contribution < 1.29 is 9.18 Å². The van der Waals surface area contributed by atoms with Crippen molar-refractivity contribution in [3.8, 4) is 5.69 Å². The van der Waals surface area contributed by atoms with Gasteiger partial charge in [-0.25, -0.2) is 9.07 Å². The van der Waals surface area contributed by atoms with Crippen LogP contribution >= 0.6 is 11.3 Å². The summed E-state index contributed by atoms with van der Waals surface area (Å²) in [6, 6.07) is 22.9. The number of hydrogen-bond acceptors (Lipinski definition) is 5. The molecule has 2 atom stereocenters. The number of halogens is 1. The zero-order valence-corrected chi connectivity index (χ0v) is 21.7. The second-order valence-corrected chi connectivity index (χ2v) is 10.7. The molecule has 38 heavy (non-hydrogen) atoms. The van der Waals surface area contributed by atoms with Gasteiger partial charge in [-0.2, -0.15) is 5.10 Å². The molecule has 2 unspecified atom stereocenters. The third-order valence-electron chi connectivity index (χ3n) is 7.59. The van der Waals surface area contributed by atoms with Gasteiger partial charge in [0.15, 0.2) is 0 Å². The molecule has 192 valence electrons. The topological polar surface area (TPSA) is 72.7 Å². The molecule has 1 fully saturated rings. The van der Waals surface area contributed by atoms with E-state index >= 15 is 0 Å². The molecular weight excluding hydrogens is 497 g/mol. The summed E-state index contributed by atoms with van der Waals surface area (Å²) in [6.07, 6.45) is 7.38. The largest absolute Gasteiger partial charge is 0.300 e. The number of nitrogens with one attached hydrogen (secondary N) is 1. The minimum absolute atomic E-state index is 0.00962. The van der Waals surface area contributed by atoms with Crippen LogP contribution in [-0.2, 0) is 4.79 Å². The van der Waals surface area contributed by atoms with Gasteiger partial charge in [-0.15, -0.1) is 10.2 Å². The highest BCUT2D eigenvalue weighted by atomic mass is 32.1. The molecule has 6 nitrogen and oxygen atoms in total. The maximum Gasteiger partial charge on any atom is 0.230 e. The number of aromatic nitrogens is 4. The lowest BCUT2D eigenvalue weighted by Crippen LogP contribution is -2.36. The Morgan fingerprint density at radius 2 is 1.76 bits per heavy atom. The summed E-state index contributed by atoms with van der Waals surface area (Å²) < 4.78 is 15.3. The number of hydrogen-bond donors (Lipinski definition) is 1. The molecule has 0 radical (unpaired) electrons. The number of rotatable bonds is 7. The van der Waals surface area contributed by atoms with Crippen LogP contribution in [-0.4, -0.2) is 25.9 Å². The zero-order valence-electron chi connectivity index (χ0n) is 20.8. The van der Waals surface area contributed by atoms with Crippen LogP contribution in [0.1, 0.15) is 49.1 Å². The van der Waals surface area contributed by atoms with Crippen LogP contribution in [0.3, 0.4) is 0 Å². The fraction of sp³-hybridized carbons (Fsp3) is 0.267. The number of amides is 1. The molecule has 1 amide bonds. The van der Waals surface area contributed by atoms with Gasteiger partial charge in [0.05, 0.1) is 23.3 Å². The molecule has 6 rings (SSSR count). The predicted octanol–water partition coefficient (Wildman–Crippen LogP) is 6.98. The van der Waals surface area contributed by atoms with E-state index in [1.54, 1.807) is 17.6 Å². The average molecular weight is 526 g/mol. The molecule has 1 saturated carbocycles. The smallest absolute Gasteiger partial charge is 0.230 e. The highest BCUT2D eigenvalue weighted by Gasteiger charge is 2.38. The predicted molar refractivity (Wildman–Crippen MR) is 148 cm³/mol. The third kappa shape index (κ3) is 4.96. The lowest BCUT2D eigenvalue weighted by atomic mass is 9.69. The van der Waals surface area contributed by atoms with Gasteiger partial charge in [-0.1, -0.05) is 67.0 Å². The Hall–Kier alpha value is -3.91. The fourth-order valence-electron chi connectivity index (χ4n) is 5.85. The van der Waals surface area contributed by atoms with Crippen LogP contribution in [0.15, 0.2) is 84.5 Å². The van der Waals surface area contributed by atoms with E-state index in [0.29, 0.717) is 5.13 Å². The van der Waals surface area contributed by atoms with E-state index < -0.39 is 0 Å². The van der Waals surface area contributed by atoms with Crippen LogP contribution < -0.4 is 5.32 Å². The maximum absolute atomic E-state index is 14.0. The molecule has 1 aliphatic carbocycles. The third-order valence-corrected chi connectivity index (χ3v) is 8.20. The second-order valence-electron chi connectivity index (χ2n) is 9.90. The van der Waals surface area contributed by atoms with Crippen molar-refractivity contribution in [2.45, 2.75) is 38.0 Å². The van der Waals surface area contributed by atoms with E-state index in [1.165, 1.54) is 29.9 Å². The number of fused-ring (bicyclic) bond motifs is 1. The second kappa shape index (κ2) is 10.8. The molecule has 1 aliphatic rings.